The highest BCUT2D eigenvalue weighted by molar-refractivity contribution is 5.74. The fourth-order valence-electron chi connectivity index (χ4n) is 3.79. The van der Waals surface area contributed by atoms with E-state index in [1.54, 1.807) is 0 Å². The highest BCUT2D eigenvalue weighted by Crippen LogP contribution is 2.33. The lowest BCUT2D eigenvalue weighted by molar-refractivity contribution is 0.0556. The fraction of sp³-hybridized carbons (Fsp3) is 0.941. The van der Waals surface area contributed by atoms with Gasteiger partial charge in [0.15, 0.2) is 0 Å². The topological polar surface area (TPSA) is 50.4 Å². The van der Waals surface area contributed by atoms with Crippen LogP contribution in [0.1, 0.15) is 52.9 Å². The number of nitrogens with one attached hydrogen (secondary N) is 2. The standard InChI is InChI=1S/C17H32N2O2/c1-12(2)15-7-6-13(3)9-16(15)19-17(20)18-10-14-5-4-8-21-11-14/h12-16H,4-11H2,1-3H3,(H2,18,19,20)/t13-,14?,15+,16+/m1/s1. The van der Waals surface area contributed by atoms with Gasteiger partial charge in [-0.25, -0.2) is 4.79 Å². The van der Waals surface area contributed by atoms with Crippen LogP contribution in [0.5, 0.6) is 0 Å². The summed E-state index contributed by atoms with van der Waals surface area (Å²) >= 11 is 0. The molecule has 2 fully saturated rings. The van der Waals surface area contributed by atoms with Gasteiger partial charge in [-0.1, -0.05) is 27.2 Å². The first-order chi connectivity index (χ1) is 10.1. The fourth-order valence-corrected chi connectivity index (χ4v) is 3.79. The maximum absolute atomic E-state index is 12.2. The molecule has 0 spiro atoms. The lowest BCUT2D eigenvalue weighted by Gasteiger charge is -2.37. The Morgan fingerprint density at radius 3 is 2.76 bits per heavy atom. The Kier molecular flexibility index (Phi) is 6.34. The first kappa shape index (κ1) is 16.6. The zero-order valence-electron chi connectivity index (χ0n) is 13.9. The number of urea groups is 1. The van der Waals surface area contributed by atoms with E-state index >= 15 is 0 Å². The highest BCUT2D eigenvalue weighted by Gasteiger charge is 2.31. The maximum Gasteiger partial charge on any atom is 0.315 e. The van der Waals surface area contributed by atoms with Gasteiger partial charge in [-0.2, -0.15) is 0 Å². The molecule has 1 heterocycles. The molecule has 1 unspecified atom stereocenters. The van der Waals surface area contributed by atoms with Gasteiger partial charge in [0, 0.05) is 19.2 Å². The largest absolute Gasteiger partial charge is 0.381 e. The molecular formula is C17H32N2O2. The summed E-state index contributed by atoms with van der Waals surface area (Å²) in [6.45, 7) is 9.23. The molecule has 2 aliphatic rings. The Bertz CT molecular complexity index is 327. The minimum Gasteiger partial charge on any atom is -0.381 e. The SMILES string of the molecule is CC(C)[C@@H]1CC[C@@H](C)C[C@@H]1NC(=O)NCC1CCCOC1. The molecule has 1 saturated heterocycles. The zero-order chi connectivity index (χ0) is 15.2. The Labute approximate surface area is 129 Å². The van der Waals surface area contributed by atoms with Crippen molar-refractivity contribution < 1.29 is 9.53 Å². The predicted octanol–water partition coefficient (Wildman–Crippen LogP) is 3.17. The molecule has 1 aliphatic carbocycles. The third kappa shape index (κ3) is 5.17. The third-order valence-electron chi connectivity index (χ3n) is 5.14. The van der Waals surface area contributed by atoms with Crippen LogP contribution in [0.4, 0.5) is 4.79 Å². The second kappa shape index (κ2) is 8.02. The van der Waals surface area contributed by atoms with Crippen LogP contribution in [0.2, 0.25) is 0 Å². The number of hydrogen-bond donors (Lipinski definition) is 2. The minimum absolute atomic E-state index is 0.00493. The monoisotopic (exact) mass is 296 g/mol. The van der Waals surface area contributed by atoms with E-state index in [9.17, 15) is 4.79 Å². The molecule has 4 heteroatoms. The van der Waals surface area contributed by atoms with E-state index in [1.807, 2.05) is 0 Å². The summed E-state index contributed by atoms with van der Waals surface area (Å²) in [6, 6.07) is 0.335. The number of amides is 2. The van der Waals surface area contributed by atoms with Crippen LogP contribution in [0, 0.1) is 23.7 Å². The predicted molar refractivity (Wildman–Crippen MR) is 85.2 cm³/mol. The van der Waals surface area contributed by atoms with Crippen molar-refractivity contribution in [3.8, 4) is 0 Å². The molecule has 1 aliphatic heterocycles. The molecular weight excluding hydrogens is 264 g/mol. The van der Waals surface area contributed by atoms with E-state index in [4.69, 9.17) is 4.74 Å². The number of carbonyl (C=O) groups excluding carboxylic acids is 1. The minimum atomic E-state index is 0.00493. The number of ether oxygens (including phenoxy) is 1. The van der Waals surface area contributed by atoms with Crippen molar-refractivity contribution in [2.75, 3.05) is 19.8 Å². The molecule has 2 N–H and O–H groups in total. The van der Waals surface area contributed by atoms with Crippen molar-refractivity contribution in [1.82, 2.24) is 10.6 Å². The second-order valence-corrected chi connectivity index (χ2v) is 7.37. The van der Waals surface area contributed by atoms with Gasteiger partial charge in [0.25, 0.3) is 0 Å². The second-order valence-electron chi connectivity index (χ2n) is 7.37. The number of hydrogen-bond acceptors (Lipinski definition) is 2. The van der Waals surface area contributed by atoms with Crippen molar-refractivity contribution in [1.29, 1.82) is 0 Å². The molecule has 0 radical (unpaired) electrons. The van der Waals surface area contributed by atoms with Crippen LogP contribution in [-0.4, -0.2) is 31.8 Å². The third-order valence-corrected chi connectivity index (χ3v) is 5.14. The number of carbonyl (C=O) groups is 1. The summed E-state index contributed by atoms with van der Waals surface area (Å²) in [6.07, 6.45) is 5.92. The van der Waals surface area contributed by atoms with E-state index in [0.717, 1.165) is 44.9 Å². The molecule has 0 bridgehead atoms. The molecule has 1 saturated carbocycles. The van der Waals surface area contributed by atoms with Gasteiger partial charge in [-0.05, 0) is 49.4 Å². The van der Waals surface area contributed by atoms with Gasteiger partial charge in [0.1, 0.15) is 0 Å². The van der Waals surface area contributed by atoms with Crippen LogP contribution in [-0.2, 0) is 4.74 Å². The average molecular weight is 296 g/mol. The molecule has 4 atom stereocenters. The summed E-state index contributed by atoms with van der Waals surface area (Å²) < 4.78 is 5.46. The first-order valence-corrected chi connectivity index (χ1v) is 8.68. The van der Waals surface area contributed by atoms with Crippen LogP contribution in [0.15, 0.2) is 0 Å². The van der Waals surface area contributed by atoms with Gasteiger partial charge >= 0.3 is 6.03 Å². The number of rotatable bonds is 4. The Morgan fingerprint density at radius 1 is 1.29 bits per heavy atom. The summed E-state index contributed by atoms with van der Waals surface area (Å²) in [5.41, 5.74) is 0. The molecule has 2 rings (SSSR count). The van der Waals surface area contributed by atoms with E-state index in [-0.39, 0.29) is 6.03 Å². The van der Waals surface area contributed by atoms with Gasteiger partial charge < -0.3 is 15.4 Å². The summed E-state index contributed by atoms with van der Waals surface area (Å²) in [4.78, 5) is 12.2. The van der Waals surface area contributed by atoms with Crippen molar-refractivity contribution >= 4 is 6.03 Å². The Morgan fingerprint density at radius 2 is 2.10 bits per heavy atom. The van der Waals surface area contributed by atoms with E-state index in [2.05, 4.69) is 31.4 Å². The molecule has 4 nitrogen and oxygen atoms in total. The van der Waals surface area contributed by atoms with Crippen LogP contribution in [0.3, 0.4) is 0 Å². The Balaban J connectivity index is 1.76. The zero-order valence-corrected chi connectivity index (χ0v) is 13.9. The molecule has 122 valence electrons. The molecule has 0 aromatic heterocycles. The Hall–Kier alpha value is -0.770. The van der Waals surface area contributed by atoms with Crippen molar-refractivity contribution in [2.45, 2.75) is 58.9 Å². The van der Waals surface area contributed by atoms with Crippen LogP contribution >= 0.6 is 0 Å². The van der Waals surface area contributed by atoms with Crippen molar-refractivity contribution in [3.05, 3.63) is 0 Å². The summed E-state index contributed by atoms with van der Waals surface area (Å²) in [5, 5.41) is 6.27. The van der Waals surface area contributed by atoms with Gasteiger partial charge in [-0.15, -0.1) is 0 Å². The molecule has 0 aromatic rings. The van der Waals surface area contributed by atoms with Crippen LogP contribution < -0.4 is 10.6 Å². The van der Waals surface area contributed by atoms with Gasteiger partial charge in [0.2, 0.25) is 0 Å². The lowest BCUT2D eigenvalue weighted by atomic mass is 9.74. The van der Waals surface area contributed by atoms with Crippen molar-refractivity contribution in [2.24, 2.45) is 23.7 Å². The van der Waals surface area contributed by atoms with Gasteiger partial charge in [-0.3, -0.25) is 0 Å². The van der Waals surface area contributed by atoms with E-state index in [1.165, 1.54) is 12.8 Å². The smallest absolute Gasteiger partial charge is 0.315 e. The summed E-state index contributed by atoms with van der Waals surface area (Å²) in [7, 11) is 0. The van der Waals surface area contributed by atoms with E-state index < -0.39 is 0 Å². The lowest BCUT2D eigenvalue weighted by Crippen LogP contribution is -2.50. The molecule has 21 heavy (non-hydrogen) atoms. The normalized spacial score (nSPS) is 33.7. The maximum atomic E-state index is 12.2. The highest BCUT2D eigenvalue weighted by atomic mass is 16.5. The van der Waals surface area contributed by atoms with Gasteiger partial charge in [0.05, 0.1) is 6.61 Å². The molecule has 2 amide bonds. The van der Waals surface area contributed by atoms with Crippen LogP contribution in [0.25, 0.3) is 0 Å². The van der Waals surface area contributed by atoms with E-state index in [0.29, 0.717) is 23.8 Å². The average Bonchev–Trinajstić information content (AvgIpc) is 2.46. The quantitative estimate of drug-likeness (QED) is 0.837. The first-order valence-electron chi connectivity index (χ1n) is 8.68. The molecule has 0 aromatic carbocycles. The van der Waals surface area contributed by atoms with Crippen molar-refractivity contribution in [3.63, 3.8) is 0 Å². The summed E-state index contributed by atoms with van der Waals surface area (Å²) in [5.74, 6) is 2.45.